The Labute approximate surface area is 118 Å². The second kappa shape index (κ2) is 5.03. The van der Waals surface area contributed by atoms with Gasteiger partial charge in [0.25, 0.3) is 0 Å². The van der Waals surface area contributed by atoms with Crippen LogP contribution in [0.4, 0.5) is 10.2 Å². The number of thiophene rings is 1. The number of fused-ring (bicyclic) bond motifs is 1. The highest BCUT2D eigenvalue weighted by molar-refractivity contribution is 7.16. The number of anilines is 1. The molecule has 7 heteroatoms. The third kappa shape index (κ3) is 2.06. The molecule has 0 spiro atoms. The predicted octanol–water partition coefficient (Wildman–Crippen LogP) is 2.79. The normalized spacial score (nSPS) is 10.8. The van der Waals surface area contributed by atoms with Gasteiger partial charge in [0.2, 0.25) is 0 Å². The third-order valence-electron chi connectivity index (χ3n) is 2.88. The van der Waals surface area contributed by atoms with Crippen LogP contribution in [-0.4, -0.2) is 17.1 Å². The van der Waals surface area contributed by atoms with Crippen molar-refractivity contribution in [2.45, 2.75) is 0 Å². The summed E-state index contributed by atoms with van der Waals surface area (Å²) in [6.07, 6.45) is 0. The first kappa shape index (κ1) is 12.8. The summed E-state index contributed by atoms with van der Waals surface area (Å²) < 4.78 is 19.1. The van der Waals surface area contributed by atoms with E-state index >= 15 is 0 Å². The highest BCUT2D eigenvalue weighted by atomic mass is 32.1. The molecular weight excluding hydrogens is 279 g/mol. The topological polar surface area (TPSA) is 73.1 Å². The Balaban J connectivity index is 2.18. The molecule has 102 valence electrons. The van der Waals surface area contributed by atoms with Crippen LogP contribution in [0.15, 0.2) is 29.6 Å². The van der Waals surface area contributed by atoms with E-state index in [1.807, 2.05) is 11.4 Å². The summed E-state index contributed by atoms with van der Waals surface area (Å²) in [6, 6.07) is 6.41. The number of hydrogen-bond acceptors (Lipinski definition) is 6. The van der Waals surface area contributed by atoms with Crippen molar-refractivity contribution in [1.82, 2.24) is 9.97 Å². The second-order valence-electron chi connectivity index (χ2n) is 4.03. The number of nitrogens with one attached hydrogen (secondary N) is 1. The highest BCUT2D eigenvalue weighted by Crippen LogP contribution is 2.30. The van der Waals surface area contributed by atoms with Crippen molar-refractivity contribution in [2.24, 2.45) is 5.84 Å². The van der Waals surface area contributed by atoms with Gasteiger partial charge in [-0.05, 0) is 23.6 Å². The van der Waals surface area contributed by atoms with Gasteiger partial charge in [-0.25, -0.2) is 20.2 Å². The monoisotopic (exact) mass is 290 g/mol. The Kier molecular flexibility index (Phi) is 3.21. The van der Waals surface area contributed by atoms with Crippen LogP contribution in [0.3, 0.4) is 0 Å². The zero-order chi connectivity index (χ0) is 14.1. The van der Waals surface area contributed by atoms with Crippen molar-refractivity contribution in [3.05, 3.63) is 35.5 Å². The fourth-order valence-corrected chi connectivity index (χ4v) is 2.65. The number of methoxy groups -OCH3 is 1. The lowest BCUT2D eigenvalue weighted by Crippen LogP contribution is -2.10. The Morgan fingerprint density at radius 1 is 1.30 bits per heavy atom. The van der Waals surface area contributed by atoms with Gasteiger partial charge >= 0.3 is 0 Å². The molecule has 3 rings (SSSR count). The van der Waals surface area contributed by atoms with Gasteiger partial charge in [-0.1, -0.05) is 0 Å². The molecule has 0 fully saturated rings. The molecule has 0 bridgehead atoms. The molecular formula is C13H11FN4OS. The third-order valence-corrected chi connectivity index (χ3v) is 3.69. The van der Waals surface area contributed by atoms with E-state index in [9.17, 15) is 4.39 Å². The standard InChI is InChI=1S/C13H11FN4OS/c1-19-7-2-3-8(10(14)6-7)11-16-12(18-15)9-4-5-20-13(9)17-11/h2-6H,15H2,1H3,(H,16,17,18). The van der Waals surface area contributed by atoms with Gasteiger partial charge in [0.1, 0.15) is 16.4 Å². The molecule has 2 heterocycles. The number of benzene rings is 1. The first-order chi connectivity index (χ1) is 9.72. The first-order valence-corrected chi connectivity index (χ1v) is 6.66. The predicted molar refractivity (Wildman–Crippen MR) is 77.2 cm³/mol. The fraction of sp³-hybridized carbons (Fsp3) is 0.0769. The SMILES string of the molecule is COc1ccc(-c2nc(NN)c3ccsc3n2)c(F)c1. The smallest absolute Gasteiger partial charge is 0.166 e. The summed E-state index contributed by atoms with van der Waals surface area (Å²) in [5, 5.41) is 2.70. The van der Waals surface area contributed by atoms with Crippen molar-refractivity contribution in [2.75, 3.05) is 12.5 Å². The van der Waals surface area contributed by atoms with Gasteiger partial charge in [-0.2, -0.15) is 0 Å². The molecule has 20 heavy (non-hydrogen) atoms. The summed E-state index contributed by atoms with van der Waals surface area (Å²) in [5.41, 5.74) is 2.82. The summed E-state index contributed by atoms with van der Waals surface area (Å²) >= 11 is 1.45. The molecule has 0 atom stereocenters. The van der Waals surface area contributed by atoms with Crippen LogP contribution >= 0.6 is 11.3 Å². The molecule has 0 aliphatic carbocycles. The maximum Gasteiger partial charge on any atom is 0.166 e. The summed E-state index contributed by atoms with van der Waals surface area (Å²) in [4.78, 5) is 9.37. The number of rotatable bonds is 3. The quantitative estimate of drug-likeness (QED) is 0.573. The Morgan fingerprint density at radius 2 is 2.15 bits per heavy atom. The van der Waals surface area contributed by atoms with Gasteiger partial charge in [0.15, 0.2) is 11.6 Å². The van der Waals surface area contributed by atoms with E-state index in [0.717, 1.165) is 10.2 Å². The number of halogens is 1. The van der Waals surface area contributed by atoms with E-state index in [1.54, 1.807) is 12.1 Å². The zero-order valence-corrected chi connectivity index (χ0v) is 11.4. The molecule has 2 aromatic heterocycles. The number of nitrogen functional groups attached to an aromatic ring is 1. The lowest BCUT2D eigenvalue weighted by molar-refractivity contribution is 0.411. The summed E-state index contributed by atoms with van der Waals surface area (Å²) in [6.45, 7) is 0. The minimum atomic E-state index is -0.441. The Bertz CT molecular complexity index is 774. The molecule has 0 amide bonds. The number of ether oxygens (including phenoxy) is 1. The molecule has 0 saturated carbocycles. The molecule has 3 N–H and O–H groups in total. The molecule has 0 aliphatic rings. The molecule has 0 aliphatic heterocycles. The van der Waals surface area contributed by atoms with Crippen LogP contribution in [-0.2, 0) is 0 Å². The van der Waals surface area contributed by atoms with E-state index in [0.29, 0.717) is 17.1 Å². The maximum atomic E-state index is 14.1. The van der Waals surface area contributed by atoms with Gasteiger partial charge in [-0.15, -0.1) is 11.3 Å². The largest absolute Gasteiger partial charge is 0.497 e. The molecule has 1 aromatic carbocycles. The Hall–Kier alpha value is -2.25. The summed E-state index contributed by atoms with van der Waals surface area (Å²) in [5.74, 6) is 6.22. The van der Waals surface area contributed by atoms with Crippen molar-refractivity contribution in [3.63, 3.8) is 0 Å². The number of aromatic nitrogens is 2. The van der Waals surface area contributed by atoms with Crippen LogP contribution < -0.4 is 16.0 Å². The van der Waals surface area contributed by atoms with Crippen molar-refractivity contribution in [3.8, 4) is 17.1 Å². The molecule has 5 nitrogen and oxygen atoms in total. The first-order valence-electron chi connectivity index (χ1n) is 5.78. The molecule has 0 saturated heterocycles. The lowest BCUT2D eigenvalue weighted by atomic mass is 10.2. The van der Waals surface area contributed by atoms with E-state index in [2.05, 4.69) is 15.4 Å². The van der Waals surface area contributed by atoms with Crippen LogP contribution in [0.1, 0.15) is 0 Å². The van der Waals surface area contributed by atoms with Gasteiger partial charge in [0, 0.05) is 6.07 Å². The number of nitrogens with two attached hydrogens (primary N) is 1. The number of nitrogens with zero attached hydrogens (tertiary/aromatic N) is 2. The molecule has 0 radical (unpaired) electrons. The zero-order valence-electron chi connectivity index (χ0n) is 10.6. The number of hydrogen-bond donors (Lipinski definition) is 2. The van der Waals surface area contributed by atoms with E-state index < -0.39 is 5.82 Å². The molecule has 3 aromatic rings. The van der Waals surface area contributed by atoms with Crippen LogP contribution in [0, 0.1) is 5.82 Å². The Morgan fingerprint density at radius 3 is 2.85 bits per heavy atom. The van der Waals surface area contributed by atoms with E-state index in [4.69, 9.17) is 10.6 Å². The van der Waals surface area contributed by atoms with E-state index in [1.165, 1.54) is 24.5 Å². The van der Waals surface area contributed by atoms with Gasteiger partial charge in [-0.3, -0.25) is 0 Å². The average molecular weight is 290 g/mol. The minimum absolute atomic E-state index is 0.285. The highest BCUT2D eigenvalue weighted by Gasteiger charge is 2.13. The van der Waals surface area contributed by atoms with Gasteiger partial charge < -0.3 is 10.2 Å². The average Bonchev–Trinajstić information content (AvgIpc) is 2.94. The minimum Gasteiger partial charge on any atom is -0.497 e. The maximum absolute atomic E-state index is 14.1. The fourth-order valence-electron chi connectivity index (χ4n) is 1.89. The van der Waals surface area contributed by atoms with Crippen molar-refractivity contribution < 1.29 is 9.13 Å². The van der Waals surface area contributed by atoms with E-state index in [-0.39, 0.29) is 5.82 Å². The molecule has 0 unspecified atom stereocenters. The van der Waals surface area contributed by atoms with Crippen LogP contribution in [0.5, 0.6) is 5.75 Å². The van der Waals surface area contributed by atoms with Crippen LogP contribution in [0.2, 0.25) is 0 Å². The van der Waals surface area contributed by atoms with Crippen molar-refractivity contribution in [1.29, 1.82) is 0 Å². The van der Waals surface area contributed by atoms with Gasteiger partial charge in [0.05, 0.1) is 18.1 Å². The summed E-state index contributed by atoms with van der Waals surface area (Å²) in [7, 11) is 1.49. The number of hydrazine groups is 1. The van der Waals surface area contributed by atoms with Crippen molar-refractivity contribution >= 4 is 27.4 Å². The lowest BCUT2D eigenvalue weighted by Gasteiger charge is -2.07. The van der Waals surface area contributed by atoms with Crippen LogP contribution in [0.25, 0.3) is 21.6 Å². The second-order valence-corrected chi connectivity index (χ2v) is 4.92.